The highest BCUT2D eigenvalue weighted by Gasteiger charge is 2.24. The Kier molecular flexibility index (Phi) is 4.86. The molecule has 0 bridgehead atoms. The molecule has 1 fully saturated rings. The van der Waals surface area contributed by atoms with Gasteiger partial charge in [-0.2, -0.15) is 10.1 Å². The number of piperazine rings is 1. The van der Waals surface area contributed by atoms with Crippen molar-refractivity contribution in [3.05, 3.63) is 29.8 Å². The molecule has 29 heavy (non-hydrogen) atoms. The number of carbonyl (C=O) groups excluding carboxylic acids is 1. The second-order valence-electron chi connectivity index (χ2n) is 7.85. The third kappa shape index (κ3) is 3.50. The van der Waals surface area contributed by atoms with Gasteiger partial charge in [-0.05, 0) is 11.5 Å². The zero-order valence-electron chi connectivity index (χ0n) is 17.4. The van der Waals surface area contributed by atoms with Crippen molar-refractivity contribution in [3.63, 3.8) is 0 Å². The van der Waals surface area contributed by atoms with Gasteiger partial charge in [-0.1, -0.05) is 38.1 Å². The highest BCUT2D eigenvalue weighted by molar-refractivity contribution is 5.98. The molecule has 8 heteroatoms. The smallest absolute Gasteiger partial charge is 0.228 e. The van der Waals surface area contributed by atoms with Crippen LogP contribution in [0.1, 0.15) is 32.3 Å². The van der Waals surface area contributed by atoms with Crippen LogP contribution in [0.15, 0.2) is 24.3 Å². The Morgan fingerprint density at radius 2 is 1.72 bits per heavy atom. The summed E-state index contributed by atoms with van der Waals surface area (Å²) < 4.78 is 1.64. The van der Waals surface area contributed by atoms with E-state index < -0.39 is 0 Å². The van der Waals surface area contributed by atoms with Crippen LogP contribution in [0.2, 0.25) is 0 Å². The van der Waals surface area contributed by atoms with Gasteiger partial charge in [-0.15, -0.1) is 0 Å². The first-order chi connectivity index (χ1) is 13.8. The fourth-order valence-corrected chi connectivity index (χ4v) is 3.70. The minimum absolute atomic E-state index is 0.101. The molecule has 3 heterocycles. The van der Waals surface area contributed by atoms with Crippen LogP contribution in [0.5, 0.6) is 0 Å². The fraction of sp³-hybridized carbons (Fsp3) is 0.429. The lowest BCUT2D eigenvalue weighted by Crippen LogP contribution is -2.48. The number of nitrogen functional groups attached to an aromatic ring is 1. The lowest BCUT2D eigenvalue weighted by Gasteiger charge is -2.34. The van der Waals surface area contributed by atoms with Crippen molar-refractivity contribution < 1.29 is 4.79 Å². The standard InChI is InChI=1S/C21H27N7O/c1-13(2)15-5-7-16(8-6-15)18-17-19(22)26(4)25-20(17)24-21(23-18)28-11-9-27(10-12-28)14(3)29/h5-8,13H,9-12,22H2,1-4H3. The molecule has 2 N–H and O–H groups in total. The summed E-state index contributed by atoms with van der Waals surface area (Å²) in [5, 5.41) is 5.27. The lowest BCUT2D eigenvalue weighted by atomic mass is 10.00. The fourth-order valence-electron chi connectivity index (χ4n) is 3.70. The maximum absolute atomic E-state index is 11.6. The number of nitrogens with zero attached hydrogens (tertiary/aromatic N) is 6. The molecule has 1 aromatic carbocycles. The van der Waals surface area contributed by atoms with Crippen molar-refractivity contribution in [2.75, 3.05) is 36.8 Å². The topological polar surface area (TPSA) is 93.2 Å². The summed E-state index contributed by atoms with van der Waals surface area (Å²) >= 11 is 0. The number of amides is 1. The predicted octanol–water partition coefficient (Wildman–Crippen LogP) is 2.40. The lowest BCUT2D eigenvalue weighted by molar-refractivity contribution is -0.129. The first kappa shape index (κ1) is 19.2. The van der Waals surface area contributed by atoms with Crippen LogP contribution in [0, 0.1) is 0 Å². The molecular formula is C21H27N7O. The summed E-state index contributed by atoms with van der Waals surface area (Å²) in [5.41, 5.74) is 9.95. The number of aryl methyl sites for hydroxylation is 1. The number of carbonyl (C=O) groups is 1. The summed E-state index contributed by atoms with van der Waals surface area (Å²) in [5.74, 6) is 1.74. The van der Waals surface area contributed by atoms with E-state index in [1.54, 1.807) is 11.6 Å². The van der Waals surface area contributed by atoms with Crippen LogP contribution in [-0.4, -0.2) is 56.7 Å². The molecule has 1 aliphatic heterocycles. The minimum atomic E-state index is 0.101. The molecule has 0 unspecified atom stereocenters. The highest BCUT2D eigenvalue weighted by Crippen LogP contribution is 2.32. The van der Waals surface area contributed by atoms with E-state index in [0.717, 1.165) is 16.6 Å². The van der Waals surface area contributed by atoms with Crippen LogP contribution in [0.25, 0.3) is 22.3 Å². The van der Waals surface area contributed by atoms with Gasteiger partial charge in [0.2, 0.25) is 11.9 Å². The Bertz CT molecular complexity index is 1050. The molecule has 8 nitrogen and oxygen atoms in total. The number of nitrogens with two attached hydrogens (primary N) is 1. The number of anilines is 2. The van der Waals surface area contributed by atoms with E-state index in [1.165, 1.54) is 5.56 Å². The van der Waals surface area contributed by atoms with Crippen LogP contribution in [0.3, 0.4) is 0 Å². The van der Waals surface area contributed by atoms with Gasteiger partial charge < -0.3 is 15.5 Å². The second-order valence-corrected chi connectivity index (χ2v) is 7.85. The van der Waals surface area contributed by atoms with E-state index in [1.807, 2.05) is 11.9 Å². The maximum Gasteiger partial charge on any atom is 0.228 e. The van der Waals surface area contributed by atoms with E-state index in [4.69, 9.17) is 10.7 Å². The second kappa shape index (κ2) is 7.35. The van der Waals surface area contributed by atoms with Gasteiger partial charge in [0.05, 0.1) is 11.1 Å². The van der Waals surface area contributed by atoms with E-state index in [-0.39, 0.29) is 5.91 Å². The number of benzene rings is 1. The molecule has 4 rings (SSSR count). The molecule has 2 aromatic heterocycles. The zero-order valence-corrected chi connectivity index (χ0v) is 17.4. The monoisotopic (exact) mass is 393 g/mol. The average Bonchev–Trinajstić information content (AvgIpc) is 3.01. The van der Waals surface area contributed by atoms with E-state index in [9.17, 15) is 4.79 Å². The van der Waals surface area contributed by atoms with Gasteiger partial charge in [-0.25, -0.2) is 4.98 Å². The van der Waals surface area contributed by atoms with E-state index >= 15 is 0 Å². The number of hydrogen-bond acceptors (Lipinski definition) is 6. The number of aromatic nitrogens is 4. The maximum atomic E-state index is 11.6. The first-order valence-electron chi connectivity index (χ1n) is 9.96. The quantitative estimate of drug-likeness (QED) is 0.734. The molecule has 1 amide bonds. The van der Waals surface area contributed by atoms with Crippen LogP contribution in [-0.2, 0) is 11.8 Å². The van der Waals surface area contributed by atoms with Crippen molar-refractivity contribution >= 4 is 28.7 Å². The van der Waals surface area contributed by atoms with E-state index in [0.29, 0.717) is 49.5 Å². The average molecular weight is 393 g/mol. The van der Waals surface area contributed by atoms with Gasteiger partial charge in [0.25, 0.3) is 0 Å². The Balaban J connectivity index is 1.77. The summed E-state index contributed by atoms with van der Waals surface area (Å²) in [6, 6.07) is 8.43. The zero-order chi connectivity index (χ0) is 20.7. The summed E-state index contributed by atoms with van der Waals surface area (Å²) in [4.78, 5) is 25.1. The molecule has 0 saturated carbocycles. The van der Waals surface area contributed by atoms with Gasteiger partial charge >= 0.3 is 0 Å². The Morgan fingerprint density at radius 1 is 1.07 bits per heavy atom. The molecule has 0 spiro atoms. The largest absolute Gasteiger partial charge is 0.383 e. The van der Waals surface area contributed by atoms with Crippen molar-refractivity contribution in [2.24, 2.45) is 7.05 Å². The Morgan fingerprint density at radius 3 is 2.31 bits per heavy atom. The summed E-state index contributed by atoms with van der Waals surface area (Å²) in [6.07, 6.45) is 0. The van der Waals surface area contributed by atoms with Gasteiger partial charge in [-0.3, -0.25) is 9.48 Å². The third-order valence-corrected chi connectivity index (χ3v) is 5.59. The minimum Gasteiger partial charge on any atom is -0.383 e. The predicted molar refractivity (Wildman–Crippen MR) is 115 cm³/mol. The Labute approximate surface area is 170 Å². The first-order valence-corrected chi connectivity index (χ1v) is 9.96. The van der Waals surface area contributed by atoms with Crippen molar-refractivity contribution in [1.82, 2.24) is 24.6 Å². The Hall–Kier alpha value is -3.16. The van der Waals surface area contributed by atoms with Gasteiger partial charge in [0, 0.05) is 45.7 Å². The summed E-state index contributed by atoms with van der Waals surface area (Å²) in [7, 11) is 1.81. The number of fused-ring (bicyclic) bond motifs is 1. The van der Waals surface area contributed by atoms with Crippen molar-refractivity contribution in [2.45, 2.75) is 26.7 Å². The summed E-state index contributed by atoms with van der Waals surface area (Å²) in [6.45, 7) is 8.68. The molecule has 1 saturated heterocycles. The number of hydrogen-bond donors (Lipinski definition) is 1. The molecule has 1 aliphatic rings. The molecular weight excluding hydrogens is 366 g/mol. The molecule has 3 aromatic rings. The van der Waals surface area contributed by atoms with Crippen LogP contribution >= 0.6 is 0 Å². The van der Waals surface area contributed by atoms with Crippen molar-refractivity contribution in [3.8, 4) is 11.3 Å². The van der Waals surface area contributed by atoms with Crippen LogP contribution in [0.4, 0.5) is 11.8 Å². The highest BCUT2D eigenvalue weighted by atomic mass is 16.2. The van der Waals surface area contributed by atoms with Crippen LogP contribution < -0.4 is 10.6 Å². The SMILES string of the molecule is CC(=O)N1CCN(c2nc(-c3ccc(C(C)C)cc3)c3c(N)n(C)nc3n2)CC1. The molecule has 0 aliphatic carbocycles. The number of rotatable bonds is 3. The van der Waals surface area contributed by atoms with Gasteiger partial charge in [0.15, 0.2) is 5.65 Å². The third-order valence-electron chi connectivity index (χ3n) is 5.59. The molecule has 0 radical (unpaired) electrons. The van der Waals surface area contributed by atoms with Crippen molar-refractivity contribution in [1.29, 1.82) is 0 Å². The normalized spacial score (nSPS) is 14.8. The van der Waals surface area contributed by atoms with E-state index in [2.05, 4.69) is 53.1 Å². The van der Waals surface area contributed by atoms with Gasteiger partial charge in [0.1, 0.15) is 5.82 Å². The molecule has 152 valence electrons. The molecule has 0 atom stereocenters.